The van der Waals surface area contributed by atoms with Crippen molar-refractivity contribution in [2.24, 2.45) is 16.7 Å². The minimum atomic E-state index is -0.391. The zero-order valence-electron chi connectivity index (χ0n) is 14.3. The first-order chi connectivity index (χ1) is 9.51. The first kappa shape index (κ1) is 15.3. The largest absolute Gasteiger partial charge is 0.459 e. The van der Waals surface area contributed by atoms with E-state index in [1.165, 1.54) is 38.5 Å². The van der Waals surface area contributed by atoms with Crippen molar-refractivity contribution in [2.75, 3.05) is 6.54 Å². The summed E-state index contributed by atoms with van der Waals surface area (Å²) in [5, 5.41) is 3.63. The molecule has 0 aromatic heterocycles. The molecule has 3 heteroatoms. The van der Waals surface area contributed by atoms with Crippen LogP contribution in [0.1, 0.15) is 73.1 Å². The monoisotopic (exact) mass is 293 g/mol. The van der Waals surface area contributed by atoms with Crippen molar-refractivity contribution in [2.45, 2.75) is 84.3 Å². The molecule has 0 amide bonds. The van der Waals surface area contributed by atoms with E-state index in [-0.39, 0.29) is 11.5 Å². The molecule has 0 heterocycles. The van der Waals surface area contributed by atoms with E-state index in [2.05, 4.69) is 19.2 Å². The second-order valence-corrected chi connectivity index (χ2v) is 9.85. The molecule has 0 aliphatic heterocycles. The summed E-state index contributed by atoms with van der Waals surface area (Å²) < 4.78 is 5.45. The van der Waals surface area contributed by atoms with Crippen molar-refractivity contribution in [3.63, 3.8) is 0 Å². The lowest BCUT2D eigenvalue weighted by molar-refractivity contribution is -0.157. The Balaban J connectivity index is 1.67. The van der Waals surface area contributed by atoms with Gasteiger partial charge in [-0.15, -0.1) is 0 Å². The van der Waals surface area contributed by atoms with Crippen molar-refractivity contribution in [3.8, 4) is 0 Å². The van der Waals surface area contributed by atoms with Crippen molar-refractivity contribution in [1.29, 1.82) is 0 Å². The third-order valence-electron chi connectivity index (χ3n) is 5.65. The average Bonchev–Trinajstić information content (AvgIpc) is 2.18. The summed E-state index contributed by atoms with van der Waals surface area (Å²) in [4.78, 5) is 12.0. The molecule has 4 atom stereocenters. The fraction of sp³-hybridized carbons (Fsp3) is 0.944. The Labute approximate surface area is 129 Å². The molecule has 0 aromatic carbocycles. The minimum absolute atomic E-state index is 0.117. The third-order valence-corrected chi connectivity index (χ3v) is 5.65. The molecule has 4 aliphatic carbocycles. The Morgan fingerprint density at radius 1 is 1.10 bits per heavy atom. The van der Waals surface area contributed by atoms with Gasteiger partial charge in [0.2, 0.25) is 0 Å². The Kier molecular flexibility index (Phi) is 3.26. The molecular formula is C18H31NO2. The number of ether oxygens (including phenoxy) is 1. The molecule has 0 radical (unpaired) electrons. The molecule has 4 aliphatic rings. The highest BCUT2D eigenvalue weighted by atomic mass is 16.6. The van der Waals surface area contributed by atoms with E-state index >= 15 is 0 Å². The molecule has 21 heavy (non-hydrogen) atoms. The van der Waals surface area contributed by atoms with Crippen molar-refractivity contribution >= 4 is 5.97 Å². The highest BCUT2D eigenvalue weighted by molar-refractivity contribution is 5.72. The molecule has 0 aromatic rings. The van der Waals surface area contributed by atoms with Gasteiger partial charge in [0, 0.05) is 5.54 Å². The zero-order chi connectivity index (χ0) is 15.5. The lowest BCUT2D eigenvalue weighted by Gasteiger charge is -2.65. The summed E-state index contributed by atoms with van der Waals surface area (Å²) in [6.07, 6.45) is 7.86. The van der Waals surface area contributed by atoms with E-state index in [4.69, 9.17) is 4.74 Å². The molecule has 2 unspecified atom stereocenters. The fourth-order valence-electron chi connectivity index (χ4n) is 6.28. The van der Waals surface area contributed by atoms with Gasteiger partial charge in [-0.05, 0) is 76.0 Å². The number of carbonyl (C=O) groups excluding carboxylic acids is 1. The van der Waals surface area contributed by atoms with Gasteiger partial charge in [0.25, 0.3) is 0 Å². The minimum Gasteiger partial charge on any atom is -0.459 e. The van der Waals surface area contributed by atoms with Gasteiger partial charge in [0.15, 0.2) is 0 Å². The van der Waals surface area contributed by atoms with Gasteiger partial charge in [0.05, 0.1) is 6.54 Å². The van der Waals surface area contributed by atoms with Crippen molar-refractivity contribution < 1.29 is 9.53 Å². The van der Waals surface area contributed by atoms with Crippen LogP contribution in [-0.2, 0) is 9.53 Å². The van der Waals surface area contributed by atoms with Crippen LogP contribution in [0.2, 0.25) is 0 Å². The molecule has 0 spiro atoms. The first-order valence-electron chi connectivity index (χ1n) is 8.48. The summed E-state index contributed by atoms with van der Waals surface area (Å²) in [6.45, 7) is 11.1. The molecular weight excluding hydrogens is 262 g/mol. The van der Waals surface area contributed by atoms with Crippen molar-refractivity contribution in [1.82, 2.24) is 5.32 Å². The number of carbonyl (C=O) groups is 1. The first-order valence-corrected chi connectivity index (χ1v) is 8.48. The van der Waals surface area contributed by atoms with E-state index in [0.29, 0.717) is 17.4 Å². The van der Waals surface area contributed by atoms with Gasteiger partial charge in [-0.3, -0.25) is 4.79 Å². The Hall–Kier alpha value is -0.570. The second-order valence-electron chi connectivity index (χ2n) is 9.85. The van der Waals surface area contributed by atoms with Gasteiger partial charge in [0.1, 0.15) is 5.60 Å². The molecule has 4 saturated carbocycles. The molecule has 4 bridgehead atoms. The normalized spacial score (nSPS) is 44.9. The number of hydrogen-bond donors (Lipinski definition) is 1. The Bertz CT molecular complexity index is 433. The van der Waals surface area contributed by atoms with Crippen molar-refractivity contribution in [3.05, 3.63) is 0 Å². The second kappa shape index (κ2) is 4.47. The molecule has 1 N–H and O–H groups in total. The lowest BCUT2D eigenvalue weighted by Crippen LogP contribution is -2.64. The molecule has 4 fully saturated rings. The maximum Gasteiger partial charge on any atom is 0.320 e. The predicted molar refractivity (Wildman–Crippen MR) is 84.0 cm³/mol. The van der Waals surface area contributed by atoms with E-state index in [1.807, 2.05) is 20.8 Å². The summed E-state index contributed by atoms with van der Waals surface area (Å²) in [5.41, 5.74) is 0.752. The van der Waals surface area contributed by atoms with Crippen LogP contribution in [0.3, 0.4) is 0 Å². The molecule has 120 valence electrons. The van der Waals surface area contributed by atoms with Crippen LogP contribution in [-0.4, -0.2) is 23.7 Å². The number of esters is 1. The van der Waals surface area contributed by atoms with E-state index in [1.54, 1.807) is 0 Å². The van der Waals surface area contributed by atoms with Crippen LogP contribution in [0.15, 0.2) is 0 Å². The Morgan fingerprint density at radius 3 is 2.14 bits per heavy atom. The molecule has 0 saturated heterocycles. The van der Waals surface area contributed by atoms with Crippen LogP contribution in [0.4, 0.5) is 0 Å². The molecule has 3 nitrogen and oxygen atoms in total. The maximum atomic E-state index is 12.0. The Morgan fingerprint density at radius 2 is 1.67 bits per heavy atom. The van der Waals surface area contributed by atoms with Crippen LogP contribution in [0.5, 0.6) is 0 Å². The van der Waals surface area contributed by atoms with Crippen LogP contribution >= 0.6 is 0 Å². The summed E-state index contributed by atoms with van der Waals surface area (Å²) >= 11 is 0. The SMILES string of the molecule is CC(C)(C)OC(=O)CNC12CC3C[C@@](C)(C1)C[C@](C)(C3)C2. The topological polar surface area (TPSA) is 38.3 Å². The van der Waals surface area contributed by atoms with Crippen LogP contribution in [0.25, 0.3) is 0 Å². The summed E-state index contributed by atoms with van der Waals surface area (Å²) in [6, 6.07) is 0. The summed E-state index contributed by atoms with van der Waals surface area (Å²) in [5.74, 6) is 0.732. The highest BCUT2D eigenvalue weighted by Crippen LogP contribution is 2.66. The van der Waals surface area contributed by atoms with Gasteiger partial charge >= 0.3 is 5.97 Å². The fourth-order valence-corrected chi connectivity index (χ4v) is 6.28. The van der Waals surface area contributed by atoms with E-state index in [0.717, 1.165) is 5.92 Å². The zero-order valence-corrected chi connectivity index (χ0v) is 14.3. The smallest absolute Gasteiger partial charge is 0.320 e. The third kappa shape index (κ3) is 3.13. The van der Waals surface area contributed by atoms with Gasteiger partial charge in [-0.25, -0.2) is 0 Å². The van der Waals surface area contributed by atoms with Crippen LogP contribution < -0.4 is 5.32 Å². The van der Waals surface area contributed by atoms with Gasteiger partial charge in [-0.2, -0.15) is 0 Å². The quantitative estimate of drug-likeness (QED) is 0.807. The van der Waals surface area contributed by atoms with Gasteiger partial charge < -0.3 is 10.1 Å². The van der Waals surface area contributed by atoms with Crippen LogP contribution in [0, 0.1) is 16.7 Å². The highest BCUT2D eigenvalue weighted by Gasteiger charge is 2.59. The molecule has 4 rings (SSSR count). The van der Waals surface area contributed by atoms with E-state index in [9.17, 15) is 4.79 Å². The van der Waals surface area contributed by atoms with E-state index < -0.39 is 5.60 Å². The average molecular weight is 293 g/mol. The predicted octanol–water partition coefficient (Wildman–Crippen LogP) is 3.67. The number of nitrogens with one attached hydrogen (secondary N) is 1. The number of rotatable bonds is 3. The standard InChI is InChI=1S/C18H31NO2/c1-15(2,3)21-14(20)9-19-18-8-13-6-16(4,11-18)10-17(5,7-13)12-18/h13,19H,6-12H2,1-5H3/t13?,16-,17+,18?. The number of hydrogen-bond acceptors (Lipinski definition) is 3. The lowest BCUT2D eigenvalue weighted by atomic mass is 9.43. The van der Waals surface area contributed by atoms with Gasteiger partial charge in [-0.1, -0.05) is 13.8 Å². The maximum absolute atomic E-state index is 12.0. The summed E-state index contributed by atoms with van der Waals surface area (Å²) in [7, 11) is 0.